The summed E-state index contributed by atoms with van der Waals surface area (Å²) in [4.78, 5) is 0. The van der Waals surface area contributed by atoms with E-state index in [0.29, 0.717) is 45.3 Å². The maximum absolute atomic E-state index is 14.6. The zero-order valence-electron chi connectivity index (χ0n) is 19.9. The number of aliphatic hydroxyl groups is 1. The van der Waals surface area contributed by atoms with Gasteiger partial charge in [0.05, 0.1) is 13.2 Å². The van der Waals surface area contributed by atoms with Crippen LogP contribution in [-0.4, -0.2) is 53.0 Å². The van der Waals surface area contributed by atoms with Gasteiger partial charge < -0.3 is 19.3 Å². The van der Waals surface area contributed by atoms with Crippen LogP contribution in [0.15, 0.2) is 11.6 Å². The van der Waals surface area contributed by atoms with Crippen molar-refractivity contribution < 1.29 is 41.3 Å². The molecule has 5 fully saturated rings. The maximum atomic E-state index is 14.6. The van der Waals surface area contributed by atoms with Gasteiger partial charge in [-0.2, -0.15) is 22.0 Å². The lowest BCUT2D eigenvalue weighted by Gasteiger charge is -2.54. The van der Waals surface area contributed by atoms with E-state index in [2.05, 4.69) is 13.8 Å². The van der Waals surface area contributed by atoms with Crippen molar-refractivity contribution in [3.05, 3.63) is 11.6 Å². The largest absolute Gasteiger partial charge is 0.456 e. The number of hydrogen-bond donors (Lipinski definition) is 1. The molecule has 6 atom stereocenters. The number of rotatable bonds is 1. The van der Waals surface area contributed by atoms with Crippen LogP contribution in [0.2, 0.25) is 0 Å². The minimum absolute atomic E-state index is 0.0147. The molecule has 0 aromatic carbocycles. The third kappa shape index (κ3) is 2.63. The van der Waals surface area contributed by atoms with Gasteiger partial charge in [-0.3, -0.25) is 0 Å². The summed E-state index contributed by atoms with van der Waals surface area (Å²) < 4.78 is 88.2. The van der Waals surface area contributed by atoms with Crippen molar-refractivity contribution in [1.82, 2.24) is 0 Å². The van der Waals surface area contributed by atoms with Crippen LogP contribution in [0.4, 0.5) is 22.0 Å². The second-order valence-corrected chi connectivity index (χ2v) is 12.8. The molecule has 0 aromatic rings. The van der Waals surface area contributed by atoms with Crippen molar-refractivity contribution in [3.63, 3.8) is 0 Å². The summed E-state index contributed by atoms with van der Waals surface area (Å²) in [6, 6.07) is 0. The number of fused-ring (bicyclic) bond motifs is 3. The van der Waals surface area contributed by atoms with E-state index in [1.807, 2.05) is 6.08 Å². The first kappa shape index (κ1) is 23.6. The van der Waals surface area contributed by atoms with Crippen LogP contribution < -0.4 is 0 Å². The quantitative estimate of drug-likeness (QED) is 0.297. The summed E-state index contributed by atoms with van der Waals surface area (Å²) in [6.07, 6.45) is -1.11. The van der Waals surface area contributed by atoms with Crippen LogP contribution in [0.3, 0.4) is 0 Å². The predicted molar refractivity (Wildman–Crippen MR) is 111 cm³/mol. The molecule has 1 N–H and O–H groups in total. The molecule has 34 heavy (non-hydrogen) atoms. The van der Waals surface area contributed by atoms with Crippen LogP contribution in [0.25, 0.3) is 0 Å². The molecule has 4 aliphatic carbocycles. The van der Waals surface area contributed by atoms with Crippen molar-refractivity contribution in [1.29, 1.82) is 0 Å². The fraction of sp³-hybridized carbons (Fsp3) is 0.920. The Morgan fingerprint density at radius 1 is 0.941 bits per heavy atom. The van der Waals surface area contributed by atoms with Gasteiger partial charge in [0, 0.05) is 23.7 Å². The van der Waals surface area contributed by atoms with Crippen LogP contribution >= 0.6 is 0 Å². The number of alkyl halides is 5. The monoisotopic (exact) mass is 492 g/mol. The van der Waals surface area contributed by atoms with E-state index in [4.69, 9.17) is 14.2 Å². The lowest BCUT2D eigenvalue weighted by atomic mass is 9.52. The normalized spacial score (nSPS) is 48.9. The molecule has 6 rings (SSSR count). The summed E-state index contributed by atoms with van der Waals surface area (Å²) in [6.45, 7) is 6.83. The Balaban J connectivity index is 1.29. The van der Waals surface area contributed by atoms with E-state index in [-0.39, 0.29) is 24.2 Å². The molecule has 0 amide bonds. The third-order valence-electron chi connectivity index (χ3n) is 10.3. The van der Waals surface area contributed by atoms with Crippen molar-refractivity contribution in [3.8, 4) is 0 Å². The Morgan fingerprint density at radius 2 is 1.62 bits per heavy atom. The van der Waals surface area contributed by atoms with Crippen molar-refractivity contribution in [2.24, 2.45) is 22.7 Å². The van der Waals surface area contributed by atoms with Gasteiger partial charge in [0.1, 0.15) is 16.8 Å². The highest BCUT2D eigenvalue weighted by Crippen LogP contribution is 2.75. The average Bonchev–Trinajstić information content (AvgIpc) is 3.35. The van der Waals surface area contributed by atoms with Gasteiger partial charge in [-0.05, 0) is 55.9 Å². The fourth-order valence-electron chi connectivity index (χ4n) is 8.34. The highest BCUT2D eigenvalue weighted by molar-refractivity contribution is 5.44. The van der Waals surface area contributed by atoms with Crippen LogP contribution in [0.1, 0.15) is 72.1 Å². The number of allylic oxidation sites excluding steroid dienone is 1. The van der Waals surface area contributed by atoms with Gasteiger partial charge >= 0.3 is 12.1 Å². The van der Waals surface area contributed by atoms with E-state index in [9.17, 15) is 27.1 Å². The fourth-order valence-corrected chi connectivity index (χ4v) is 8.34. The molecule has 0 bridgehead atoms. The standard InChI is InChI=1S/C25H33F5O4/c1-18(2)13-32-21(33-14-18)10-11-22-17-5-7-19(3)16(15(17)4-8-20(22,12-21)34-22)6-9-23(19,31)24(26,27)25(28,29)30/h5,15-16,31H,4,6-14H2,1-3H3/t15?,16-,19-,20?,22+,23-/m0/s1. The average molecular weight is 493 g/mol. The number of hydrogen-bond acceptors (Lipinski definition) is 4. The predicted octanol–water partition coefficient (Wildman–Crippen LogP) is 5.53. The van der Waals surface area contributed by atoms with Gasteiger partial charge in [-0.25, -0.2) is 0 Å². The molecule has 1 spiro atoms. The van der Waals surface area contributed by atoms with Crippen molar-refractivity contribution in [2.75, 3.05) is 13.2 Å². The first-order chi connectivity index (χ1) is 15.6. The molecular weight excluding hydrogens is 459 g/mol. The molecule has 4 nitrogen and oxygen atoms in total. The summed E-state index contributed by atoms with van der Waals surface area (Å²) in [5.74, 6) is -6.44. The SMILES string of the molecule is CC1(C)COC2(CC[C@]34OC3(CCC3C4=CC[C@@]4(C)[C@H]3CC[C@@]4(O)C(F)(F)C(F)(F)F)C2)OC1. The third-order valence-corrected chi connectivity index (χ3v) is 10.3. The van der Waals surface area contributed by atoms with Crippen LogP contribution in [-0.2, 0) is 14.2 Å². The van der Waals surface area contributed by atoms with Crippen LogP contribution in [0, 0.1) is 22.7 Å². The van der Waals surface area contributed by atoms with Gasteiger partial charge in [-0.15, -0.1) is 0 Å². The Hall–Kier alpha value is -0.770. The first-order valence-electron chi connectivity index (χ1n) is 12.4. The molecule has 6 aliphatic rings. The maximum Gasteiger partial charge on any atom is 0.456 e. The number of epoxide rings is 1. The number of ether oxygens (including phenoxy) is 3. The van der Waals surface area contributed by atoms with Crippen molar-refractivity contribution >= 4 is 0 Å². The lowest BCUT2D eigenvalue weighted by molar-refractivity contribution is -0.361. The molecule has 0 radical (unpaired) electrons. The van der Waals surface area contributed by atoms with Crippen molar-refractivity contribution in [2.45, 2.75) is 107 Å². The van der Waals surface area contributed by atoms with E-state index >= 15 is 0 Å². The van der Waals surface area contributed by atoms with Gasteiger partial charge in [-0.1, -0.05) is 26.8 Å². The minimum Gasteiger partial charge on any atom is -0.383 e. The van der Waals surface area contributed by atoms with E-state index < -0.39 is 52.4 Å². The zero-order valence-corrected chi connectivity index (χ0v) is 19.9. The summed E-state index contributed by atoms with van der Waals surface area (Å²) >= 11 is 0. The molecule has 2 saturated heterocycles. The van der Waals surface area contributed by atoms with Gasteiger partial charge in [0.25, 0.3) is 0 Å². The summed E-state index contributed by atoms with van der Waals surface area (Å²) in [7, 11) is 0. The molecule has 3 saturated carbocycles. The molecule has 2 aliphatic heterocycles. The first-order valence-corrected chi connectivity index (χ1v) is 12.4. The Morgan fingerprint density at radius 3 is 2.26 bits per heavy atom. The molecule has 0 aromatic heterocycles. The molecule has 2 heterocycles. The molecular formula is C25H33F5O4. The second-order valence-electron chi connectivity index (χ2n) is 12.8. The Labute approximate surface area is 196 Å². The highest BCUT2D eigenvalue weighted by atomic mass is 19.4. The lowest BCUT2D eigenvalue weighted by Crippen LogP contribution is -2.65. The zero-order chi connectivity index (χ0) is 24.6. The Bertz CT molecular complexity index is 936. The van der Waals surface area contributed by atoms with Crippen LogP contribution in [0.5, 0.6) is 0 Å². The van der Waals surface area contributed by atoms with Gasteiger partial charge in [0.15, 0.2) is 5.79 Å². The number of halogens is 5. The summed E-state index contributed by atoms with van der Waals surface area (Å²) in [5.41, 5.74) is -4.60. The summed E-state index contributed by atoms with van der Waals surface area (Å²) in [5, 5.41) is 10.9. The smallest absolute Gasteiger partial charge is 0.383 e. The van der Waals surface area contributed by atoms with E-state index in [0.717, 1.165) is 5.57 Å². The van der Waals surface area contributed by atoms with Gasteiger partial charge in [0.2, 0.25) is 0 Å². The minimum atomic E-state index is -5.80. The highest BCUT2D eigenvalue weighted by Gasteiger charge is 2.82. The molecule has 9 heteroatoms. The molecule has 2 unspecified atom stereocenters. The topological polar surface area (TPSA) is 51.2 Å². The van der Waals surface area contributed by atoms with E-state index in [1.54, 1.807) is 0 Å². The van der Waals surface area contributed by atoms with E-state index in [1.165, 1.54) is 6.92 Å². The second kappa shape index (κ2) is 6.37. The Kier molecular flexibility index (Phi) is 4.43. The molecule has 192 valence electrons.